The van der Waals surface area contributed by atoms with Crippen molar-refractivity contribution in [3.05, 3.63) is 53.2 Å². The Bertz CT molecular complexity index is 1060. The Hall–Kier alpha value is -2.56. The number of aromatic nitrogens is 2. The molecule has 0 aliphatic heterocycles. The first-order chi connectivity index (χ1) is 13.3. The Kier molecular flexibility index (Phi) is 5.92. The summed E-state index contributed by atoms with van der Waals surface area (Å²) in [7, 11) is -2.20. The molecule has 0 radical (unpaired) electrons. The largest absolute Gasteiger partial charge is 0.454 e. The molecule has 3 rings (SSSR count). The van der Waals surface area contributed by atoms with Gasteiger partial charge in [0.15, 0.2) is 6.61 Å². The third-order valence-corrected chi connectivity index (χ3v) is 6.89. The number of sulfonamides is 1. The minimum Gasteiger partial charge on any atom is -0.454 e. The van der Waals surface area contributed by atoms with Crippen LogP contribution in [0.5, 0.6) is 0 Å². The van der Waals surface area contributed by atoms with Gasteiger partial charge in [0.1, 0.15) is 0 Å². The third kappa shape index (κ3) is 4.29. The maximum atomic E-state index is 12.6. The number of ether oxygens (including phenoxy) is 1. The van der Waals surface area contributed by atoms with Crippen molar-refractivity contribution in [2.45, 2.75) is 31.4 Å². The van der Waals surface area contributed by atoms with Crippen molar-refractivity contribution in [3.63, 3.8) is 0 Å². The highest BCUT2D eigenvalue weighted by molar-refractivity contribution is 7.89. The van der Waals surface area contributed by atoms with Gasteiger partial charge in [-0.05, 0) is 43.5 Å². The smallest absolute Gasteiger partial charge is 0.338 e. The van der Waals surface area contributed by atoms with Gasteiger partial charge in [0.25, 0.3) is 5.89 Å². The molecule has 1 aromatic carbocycles. The van der Waals surface area contributed by atoms with E-state index in [0.29, 0.717) is 5.89 Å². The van der Waals surface area contributed by atoms with Crippen LogP contribution >= 0.6 is 11.3 Å². The van der Waals surface area contributed by atoms with E-state index in [1.807, 2.05) is 17.5 Å². The molecule has 28 heavy (non-hydrogen) atoms. The molecule has 0 unspecified atom stereocenters. The zero-order chi connectivity index (χ0) is 20.3. The minimum atomic E-state index is -3.70. The van der Waals surface area contributed by atoms with E-state index < -0.39 is 16.0 Å². The second kappa shape index (κ2) is 8.21. The number of thiophene rings is 1. The van der Waals surface area contributed by atoms with Crippen molar-refractivity contribution in [1.29, 1.82) is 0 Å². The quantitative estimate of drug-likeness (QED) is 0.540. The van der Waals surface area contributed by atoms with E-state index in [-0.39, 0.29) is 28.9 Å². The van der Waals surface area contributed by atoms with Gasteiger partial charge in [0, 0.05) is 13.1 Å². The lowest BCUT2D eigenvalue weighted by Crippen LogP contribution is -2.33. The van der Waals surface area contributed by atoms with Crippen molar-refractivity contribution in [1.82, 2.24) is 14.4 Å². The Morgan fingerprint density at radius 3 is 2.75 bits per heavy atom. The number of esters is 1. The highest BCUT2D eigenvalue weighted by Crippen LogP contribution is 2.23. The molecule has 148 valence electrons. The van der Waals surface area contributed by atoms with Gasteiger partial charge >= 0.3 is 5.97 Å². The molecule has 2 heterocycles. The average molecular weight is 422 g/mol. The molecule has 2 aromatic heterocycles. The predicted molar refractivity (Wildman–Crippen MR) is 103 cm³/mol. The van der Waals surface area contributed by atoms with Crippen molar-refractivity contribution < 1.29 is 22.5 Å². The van der Waals surface area contributed by atoms with Crippen LogP contribution in [0.15, 0.2) is 51.2 Å². The van der Waals surface area contributed by atoms with Gasteiger partial charge < -0.3 is 9.26 Å². The fraction of sp³-hybridized carbons (Fsp3) is 0.278. The molecule has 3 aromatic rings. The molecule has 0 spiro atoms. The zero-order valence-electron chi connectivity index (χ0n) is 15.5. The molecule has 0 saturated heterocycles. The predicted octanol–water partition coefficient (Wildman–Crippen LogP) is 3.18. The Balaban J connectivity index is 1.70. The Morgan fingerprint density at radius 1 is 1.29 bits per heavy atom. The number of benzene rings is 1. The summed E-state index contributed by atoms with van der Waals surface area (Å²) in [6.45, 7) is 3.35. The molecule has 0 amide bonds. The molecular weight excluding hydrogens is 402 g/mol. The van der Waals surface area contributed by atoms with Crippen LogP contribution in [0.2, 0.25) is 0 Å². The standard InChI is InChI=1S/C18H19N3O5S2/c1-12(2)21(3)28(23,24)14-7-4-6-13(10-14)18(22)25-11-16-19-17(26-20-16)15-8-5-9-27-15/h4-10,12H,11H2,1-3H3. The highest BCUT2D eigenvalue weighted by Gasteiger charge is 2.24. The van der Waals surface area contributed by atoms with Crippen molar-refractivity contribution in [2.24, 2.45) is 0 Å². The van der Waals surface area contributed by atoms with Gasteiger partial charge in [-0.15, -0.1) is 11.3 Å². The summed E-state index contributed by atoms with van der Waals surface area (Å²) in [5.74, 6) is -0.0994. The second-order valence-electron chi connectivity index (χ2n) is 6.21. The number of hydrogen-bond donors (Lipinski definition) is 0. The number of hydrogen-bond acceptors (Lipinski definition) is 8. The van der Waals surface area contributed by atoms with Gasteiger partial charge in [-0.25, -0.2) is 13.2 Å². The first-order valence-corrected chi connectivity index (χ1v) is 10.7. The summed E-state index contributed by atoms with van der Waals surface area (Å²) in [6, 6.07) is 9.22. The lowest BCUT2D eigenvalue weighted by Gasteiger charge is -2.21. The average Bonchev–Trinajstić information content (AvgIpc) is 3.37. The highest BCUT2D eigenvalue weighted by atomic mass is 32.2. The first-order valence-electron chi connectivity index (χ1n) is 8.40. The molecule has 0 atom stereocenters. The van der Waals surface area contributed by atoms with Gasteiger partial charge in [-0.3, -0.25) is 0 Å². The van der Waals surface area contributed by atoms with E-state index in [0.717, 1.165) is 4.88 Å². The third-order valence-electron chi connectivity index (χ3n) is 4.01. The second-order valence-corrected chi connectivity index (χ2v) is 9.16. The van der Waals surface area contributed by atoms with Crippen LogP contribution in [0.25, 0.3) is 10.8 Å². The van der Waals surface area contributed by atoms with Crippen molar-refractivity contribution in [2.75, 3.05) is 7.05 Å². The van der Waals surface area contributed by atoms with Crippen molar-refractivity contribution >= 4 is 27.3 Å². The van der Waals surface area contributed by atoms with E-state index in [1.165, 1.54) is 47.0 Å². The van der Waals surface area contributed by atoms with E-state index in [2.05, 4.69) is 10.1 Å². The molecule has 10 heteroatoms. The lowest BCUT2D eigenvalue weighted by atomic mass is 10.2. The van der Waals surface area contributed by atoms with E-state index in [9.17, 15) is 13.2 Å². The number of carbonyl (C=O) groups excluding carboxylic acids is 1. The van der Waals surface area contributed by atoms with Gasteiger partial charge in [-0.1, -0.05) is 17.3 Å². The van der Waals surface area contributed by atoms with Crippen LogP contribution in [0, 0.1) is 0 Å². The van der Waals surface area contributed by atoms with Crippen LogP contribution < -0.4 is 0 Å². The summed E-state index contributed by atoms with van der Waals surface area (Å²) in [6.07, 6.45) is 0. The maximum absolute atomic E-state index is 12.6. The molecule has 0 aliphatic rings. The van der Waals surface area contributed by atoms with E-state index in [1.54, 1.807) is 13.8 Å². The summed E-state index contributed by atoms with van der Waals surface area (Å²) in [5, 5.41) is 5.66. The maximum Gasteiger partial charge on any atom is 0.338 e. The van der Waals surface area contributed by atoms with Crippen LogP contribution in [-0.2, 0) is 21.4 Å². The molecule has 0 saturated carbocycles. The van der Waals surface area contributed by atoms with Crippen LogP contribution in [0.4, 0.5) is 0 Å². The van der Waals surface area contributed by atoms with Gasteiger partial charge in [0.05, 0.1) is 15.3 Å². The fourth-order valence-corrected chi connectivity index (χ4v) is 4.31. The van der Waals surface area contributed by atoms with Crippen LogP contribution in [0.1, 0.15) is 30.0 Å². The van der Waals surface area contributed by atoms with Crippen LogP contribution in [-0.4, -0.2) is 41.9 Å². The van der Waals surface area contributed by atoms with Crippen LogP contribution in [0.3, 0.4) is 0 Å². The number of carbonyl (C=O) groups is 1. The summed E-state index contributed by atoms with van der Waals surface area (Å²) in [5.41, 5.74) is 0.125. The normalized spacial score (nSPS) is 11.9. The summed E-state index contributed by atoms with van der Waals surface area (Å²) >= 11 is 1.45. The Morgan fingerprint density at radius 2 is 2.07 bits per heavy atom. The van der Waals surface area contributed by atoms with E-state index in [4.69, 9.17) is 9.26 Å². The number of nitrogens with zero attached hydrogens (tertiary/aromatic N) is 3. The minimum absolute atomic E-state index is 0.0256. The van der Waals surface area contributed by atoms with Gasteiger partial charge in [-0.2, -0.15) is 9.29 Å². The lowest BCUT2D eigenvalue weighted by molar-refractivity contribution is 0.0459. The molecule has 0 aliphatic carbocycles. The molecule has 0 fully saturated rings. The van der Waals surface area contributed by atoms with Crippen molar-refractivity contribution in [3.8, 4) is 10.8 Å². The topological polar surface area (TPSA) is 103 Å². The Labute approximate surface area is 166 Å². The molecule has 8 nitrogen and oxygen atoms in total. The zero-order valence-corrected chi connectivity index (χ0v) is 17.2. The SMILES string of the molecule is CC(C)N(C)S(=O)(=O)c1cccc(C(=O)OCc2noc(-c3cccs3)n2)c1. The summed E-state index contributed by atoms with van der Waals surface area (Å²) < 4.78 is 36.7. The molecule has 0 N–H and O–H groups in total. The monoisotopic (exact) mass is 421 g/mol. The summed E-state index contributed by atoms with van der Waals surface area (Å²) in [4.78, 5) is 17.3. The van der Waals surface area contributed by atoms with Gasteiger partial charge in [0.2, 0.25) is 15.8 Å². The molecule has 0 bridgehead atoms. The number of rotatable bonds is 7. The fourth-order valence-electron chi connectivity index (χ4n) is 2.25. The molecular formula is C18H19N3O5S2. The first kappa shape index (κ1) is 20.2. The van der Waals surface area contributed by atoms with E-state index >= 15 is 0 Å².